The predicted octanol–water partition coefficient (Wildman–Crippen LogP) is 5.92. The molecule has 3 aromatic rings. The van der Waals surface area contributed by atoms with E-state index in [4.69, 9.17) is 27.9 Å². The van der Waals surface area contributed by atoms with Crippen LogP contribution in [0, 0.1) is 0 Å². The average molecular weight is 621 g/mol. The zero-order chi connectivity index (χ0) is 30.2. The van der Waals surface area contributed by atoms with E-state index < -0.39 is 28.5 Å². The van der Waals surface area contributed by atoms with Crippen molar-refractivity contribution in [2.45, 2.75) is 57.6 Å². The second kappa shape index (κ2) is 14.6. The van der Waals surface area contributed by atoms with Crippen LogP contribution in [-0.4, -0.2) is 50.4 Å². The van der Waals surface area contributed by atoms with Crippen molar-refractivity contribution >= 4 is 50.7 Å². The summed E-state index contributed by atoms with van der Waals surface area (Å²) >= 11 is 12.5. The standard InChI is InChI=1S/C30H35Cl2N3O5S/c1-5-21(3)33-30(37)22(4)34(19-23-16-17-24(31)18-26(23)32)29(36)20-35(27-14-10-11-15-28(27)40-6-2)41(38,39)25-12-8-7-9-13-25/h7-18,21-22H,5-6,19-20H2,1-4H3,(H,33,37)/t21-,22+/m1/s1. The van der Waals surface area contributed by atoms with E-state index in [1.165, 1.54) is 17.0 Å². The monoisotopic (exact) mass is 619 g/mol. The van der Waals surface area contributed by atoms with Crippen LogP contribution >= 0.6 is 23.2 Å². The lowest BCUT2D eigenvalue weighted by Gasteiger charge is -2.33. The summed E-state index contributed by atoms with van der Waals surface area (Å²) < 4.78 is 34.7. The zero-order valence-electron chi connectivity index (χ0n) is 23.5. The highest BCUT2D eigenvalue weighted by molar-refractivity contribution is 7.92. The number of amides is 2. The van der Waals surface area contributed by atoms with E-state index in [1.54, 1.807) is 74.5 Å². The molecule has 0 saturated carbocycles. The first-order valence-electron chi connectivity index (χ1n) is 13.3. The Bertz CT molecular complexity index is 1450. The number of nitrogens with zero attached hydrogens (tertiary/aromatic N) is 2. The average Bonchev–Trinajstić information content (AvgIpc) is 2.96. The number of hydrogen-bond acceptors (Lipinski definition) is 5. The van der Waals surface area contributed by atoms with E-state index in [0.29, 0.717) is 27.8 Å². The molecule has 220 valence electrons. The summed E-state index contributed by atoms with van der Waals surface area (Å²) in [5.74, 6) is -0.671. The lowest BCUT2D eigenvalue weighted by atomic mass is 10.1. The number of nitrogens with one attached hydrogen (secondary N) is 1. The molecular weight excluding hydrogens is 585 g/mol. The normalized spacial score (nSPS) is 12.7. The minimum atomic E-state index is -4.22. The Balaban J connectivity index is 2.08. The van der Waals surface area contributed by atoms with Gasteiger partial charge in [0.15, 0.2) is 0 Å². The van der Waals surface area contributed by atoms with Crippen LogP contribution in [-0.2, 0) is 26.2 Å². The Morgan fingerprint density at radius 1 is 0.951 bits per heavy atom. The minimum absolute atomic E-state index is 0.00830. The smallest absolute Gasteiger partial charge is 0.264 e. The molecule has 8 nitrogen and oxygen atoms in total. The molecule has 0 spiro atoms. The molecule has 0 bridgehead atoms. The largest absolute Gasteiger partial charge is 0.492 e. The van der Waals surface area contributed by atoms with Gasteiger partial charge in [-0.3, -0.25) is 13.9 Å². The molecule has 0 heterocycles. The Labute approximate surface area is 252 Å². The van der Waals surface area contributed by atoms with Gasteiger partial charge in [0, 0.05) is 22.6 Å². The fraction of sp³-hybridized carbons (Fsp3) is 0.333. The first-order valence-corrected chi connectivity index (χ1v) is 15.5. The fourth-order valence-corrected chi connectivity index (χ4v) is 5.97. The number of hydrogen-bond donors (Lipinski definition) is 1. The topological polar surface area (TPSA) is 96.0 Å². The van der Waals surface area contributed by atoms with E-state index in [9.17, 15) is 18.0 Å². The molecule has 0 fully saturated rings. The molecule has 11 heteroatoms. The lowest BCUT2D eigenvalue weighted by molar-refractivity contribution is -0.139. The van der Waals surface area contributed by atoms with Crippen LogP contribution in [0.1, 0.15) is 39.7 Å². The third kappa shape index (κ3) is 8.15. The highest BCUT2D eigenvalue weighted by atomic mass is 35.5. The number of anilines is 1. The van der Waals surface area contributed by atoms with Crippen molar-refractivity contribution in [2.75, 3.05) is 17.5 Å². The van der Waals surface area contributed by atoms with E-state index in [2.05, 4.69) is 5.32 Å². The van der Waals surface area contributed by atoms with Crippen LogP contribution in [0.4, 0.5) is 5.69 Å². The van der Waals surface area contributed by atoms with E-state index >= 15 is 0 Å². The Morgan fingerprint density at radius 2 is 1.61 bits per heavy atom. The number of carbonyl (C=O) groups excluding carboxylic acids is 2. The summed E-state index contributed by atoms with van der Waals surface area (Å²) in [5, 5.41) is 3.65. The van der Waals surface area contributed by atoms with Crippen molar-refractivity contribution in [1.29, 1.82) is 0 Å². The second-order valence-electron chi connectivity index (χ2n) is 9.48. The van der Waals surface area contributed by atoms with Crippen LogP contribution in [0.2, 0.25) is 10.0 Å². The van der Waals surface area contributed by atoms with Gasteiger partial charge in [-0.05, 0) is 69.2 Å². The van der Waals surface area contributed by atoms with Gasteiger partial charge in [-0.1, -0.05) is 66.5 Å². The number of sulfonamides is 1. The summed E-state index contributed by atoms with van der Waals surface area (Å²) in [6.07, 6.45) is 0.701. The van der Waals surface area contributed by atoms with Crippen molar-refractivity contribution in [2.24, 2.45) is 0 Å². The molecule has 41 heavy (non-hydrogen) atoms. The SMILES string of the molecule is CCOc1ccccc1N(CC(=O)N(Cc1ccc(Cl)cc1Cl)[C@@H](C)C(=O)N[C@H](C)CC)S(=O)(=O)c1ccccc1. The number of rotatable bonds is 13. The van der Waals surface area contributed by atoms with Gasteiger partial charge in [0.1, 0.15) is 18.3 Å². The van der Waals surface area contributed by atoms with Crippen LogP contribution in [0.15, 0.2) is 77.7 Å². The van der Waals surface area contributed by atoms with Gasteiger partial charge in [0.25, 0.3) is 10.0 Å². The number of carbonyl (C=O) groups is 2. The van der Waals surface area contributed by atoms with E-state index in [-0.39, 0.29) is 35.7 Å². The molecule has 0 aliphatic carbocycles. The van der Waals surface area contributed by atoms with Gasteiger partial charge >= 0.3 is 0 Å². The quantitative estimate of drug-likeness (QED) is 0.256. The van der Waals surface area contributed by atoms with Crippen molar-refractivity contribution in [3.05, 3.63) is 88.4 Å². The molecule has 0 radical (unpaired) electrons. The summed E-state index contributed by atoms with van der Waals surface area (Å²) in [6, 6.07) is 18.3. The molecule has 0 aliphatic heterocycles. The third-order valence-electron chi connectivity index (χ3n) is 6.57. The number of halogens is 2. The minimum Gasteiger partial charge on any atom is -0.492 e. The van der Waals surface area contributed by atoms with Crippen molar-refractivity contribution < 1.29 is 22.7 Å². The molecule has 2 amide bonds. The van der Waals surface area contributed by atoms with E-state index in [1.807, 2.05) is 13.8 Å². The molecule has 0 aromatic heterocycles. The van der Waals surface area contributed by atoms with Crippen LogP contribution in [0.25, 0.3) is 0 Å². The molecule has 0 unspecified atom stereocenters. The first kappa shape index (κ1) is 32.2. The van der Waals surface area contributed by atoms with Crippen molar-refractivity contribution in [1.82, 2.24) is 10.2 Å². The Morgan fingerprint density at radius 3 is 2.24 bits per heavy atom. The van der Waals surface area contributed by atoms with Crippen LogP contribution in [0.5, 0.6) is 5.75 Å². The Hall–Kier alpha value is -3.27. The third-order valence-corrected chi connectivity index (χ3v) is 8.93. The maximum absolute atomic E-state index is 14.1. The second-order valence-corrected chi connectivity index (χ2v) is 12.2. The van der Waals surface area contributed by atoms with Crippen LogP contribution < -0.4 is 14.4 Å². The fourth-order valence-electron chi connectivity index (χ4n) is 4.06. The summed E-state index contributed by atoms with van der Waals surface area (Å²) in [4.78, 5) is 28.6. The molecular formula is C30H35Cl2N3O5S. The predicted molar refractivity (Wildman–Crippen MR) is 163 cm³/mol. The van der Waals surface area contributed by atoms with Crippen molar-refractivity contribution in [3.8, 4) is 5.75 Å². The summed E-state index contributed by atoms with van der Waals surface area (Å²) in [6.45, 7) is 6.85. The van der Waals surface area contributed by atoms with E-state index in [0.717, 1.165) is 4.31 Å². The number of benzene rings is 3. The summed E-state index contributed by atoms with van der Waals surface area (Å²) in [7, 11) is -4.22. The molecule has 2 atom stereocenters. The zero-order valence-corrected chi connectivity index (χ0v) is 25.8. The maximum atomic E-state index is 14.1. The molecule has 0 aliphatic rings. The molecule has 0 saturated heterocycles. The van der Waals surface area contributed by atoms with Gasteiger partial charge in [-0.25, -0.2) is 8.42 Å². The van der Waals surface area contributed by atoms with Gasteiger partial charge in [-0.2, -0.15) is 0 Å². The van der Waals surface area contributed by atoms with Gasteiger partial charge in [0.05, 0.1) is 17.2 Å². The molecule has 1 N–H and O–H groups in total. The number of ether oxygens (including phenoxy) is 1. The maximum Gasteiger partial charge on any atom is 0.264 e. The van der Waals surface area contributed by atoms with Gasteiger partial charge < -0.3 is 15.0 Å². The van der Waals surface area contributed by atoms with Gasteiger partial charge in [-0.15, -0.1) is 0 Å². The van der Waals surface area contributed by atoms with Crippen molar-refractivity contribution in [3.63, 3.8) is 0 Å². The summed E-state index contributed by atoms with van der Waals surface area (Å²) in [5.41, 5.74) is 0.757. The first-order chi connectivity index (χ1) is 19.5. The molecule has 3 rings (SSSR count). The molecule has 3 aromatic carbocycles. The number of para-hydroxylation sites is 2. The lowest BCUT2D eigenvalue weighted by Crippen LogP contribution is -2.52. The Kier molecular flexibility index (Phi) is 11.5. The highest BCUT2D eigenvalue weighted by Crippen LogP contribution is 2.33. The van der Waals surface area contributed by atoms with Gasteiger partial charge in [0.2, 0.25) is 11.8 Å². The van der Waals surface area contributed by atoms with Crippen LogP contribution in [0.3, 0.4) is 0 Å². The highest BCUT2D eigenvalue weighted by Gasteiger charge is 2.34.